The van der Waals surface area contributed by atoms with E-state index in [2.05, 4.69) is 20.9 Å². The van der Waals surface area contributed by atoms with E-state index >= 15 is 0 Å². The minimum atomic E-state index is -0.505. The number of hydrogen-bond donors (Lipinski definition) is 0. The maximum Gasteiger partial charge on any atom is 0.363 e. The summed E-state index contributed by atoms with van der Waals surface area (Å²) in [4.78, 5) is 16.7. The first-order valence-electron chi connectivity index (χ1n) is 9.90. The van der Waals surface area contributed by atoms with Crippen LogP contribution in [-0.2, 0) is 9.53 Å². The van der Waals surface area contributed by atoms with Gasteiger partial charge in [-0.1, -0.05) is 46.3 Å². The Morgan fingerprint density at radius 3 is 2.34 bits per heavy atom. The number of halogens is 1. The highest BCUT2D eigenvalue weighted by molar-refractivity contribution is 9.10. The Kier molecular flexibility index (Phi) is 6.87. The van der Waals surface area contributed by atoms with Crippen LogP contribution < -0.4 is 14.2 Å². The second kappa shape index (κ2) is 10.2. The molecule has 0 unspecified atom stereocenters. The van der Waals surface area contributed by atoms with Crippen molar-refractivity contribution in [2.24, 2.45) is 4.99 Å². The van der Waals surface area contributed by atoms with Crippen molar-refractivity contribution < 1.29 is 23.7 Å². The van der Waals surface area contributed by atoms with Gasteiger partial charge in [-0.2, -0.15) is 0 Å². The molecule has 0 bridgehead atoms. The number of hydrogen-bond acceptors (Lipinski definition) is 6. The molecule has 4 rings (SSSR count). The van der Waals surface area contributed by atoms with Crippen LogP contribution in [-0.4, -0.2) is 32.2 Å². The van der Waals surface area contributed by atoms with E-state index in [9.17, 15) is 4.79 Å². The summed E-state index contributed by atoms with van der Waals surface area (Å²) < 4.78 is 23.1. The van der Waals surface area contributed by atoms with Gasteiger partial charge in [0.25, 0.3) is 0 Å². The predicted octanol–water partition coefficient (Wildman–Crippen LogP) is 5.26. The lowest BCUT2D eigenvalue weighted by Gasteiger charge is -2.12. The third kappa shape index (κ3) is 5.18. The lowest BCUT2D eigenvalue weighted by Crippen LogP contribution is -2.10. The van der Waals surface area contributed by atoms with E-state index in [1.165, 1.54) is 0 Å². The molecule has 0 aromatic heterocycles. The minimum absolute atomic E-state index is 0.206. The summed E-state index contributed by atoms with van der Waals surface area (Å²) in [7, 11) is 1.60. The van der Waals surface area contributed by atoms with Crippen molar-refractivity contribution in [3.05, 3.63) is 94.1 Å². The molecule has 0 amide bonds. The van der Waals surface area contributed by atoms with Crippen molar-refractivity contribution in [1.82, 2.24) is 0 Å². The van der Waals surface area contributed by atoms with E-state index in [-0.39, 0.29) is 11.6 Å². The molecule has 0 radical (unpaired) electrons. The molecular weight excluding hydrogens is 474 g/mol. The molecule has 0 aliphatic carbocycles. The Morgan fingerprint density at radius 1 is 0.906 bits per heavy atom. The number of benzene rings is 3. The summed E-state index contributed by atoms with van der Waals surface area (Å²) in [5.74, 6) is 1.68. The fraction of sp³-hybridized carbons (Fsp3) is 0.120. The number of methoxy groups -OCH3 is 1. The van der Waals surface area contributed by atoms with Crippen LogP contribution in [0.25, 0.3) is 6.08 Å². The smallest absolute Gasteiger partial charge is 0.363 e. The molecule has 0 atom stereocenters. The van der Waals surface area contributed by atoms with E-state index in [0.29, 0.717) is 36.0 Å². The molecule has 0 spiro atoms. The van der Waals surface area contributed by atoms with Gasteiger partial charge < -0.3 is 18.9 Å². The summed E-state index contributed by atoms with van der Waals surface area (Å²) in [6.07, 6.45) is 1.65. The molecule has 3 aromatic carbocycles. The van der Waals surface area contributed by atoms with E-state index in [4.69, 9.17) is 18.9 Å². The summed E-state index contributed by atoms with van der Waals surface area (Å²) in [6.45, 7) is 0.629. The first-order chi connectivity index (χ1) is 15.6. The number of nitrogens with zero attached hydrogens (tertiary/aromatic N) is 1. The van der Waals surface area contributed by atoms with Crippen molar-refractivity contribution in [3.63, 3.8) is 0 Å². The molecule has 1 heterocycles. The zero-order chi connectivity index (χ0) is 22.3. The van der Waals surface area contributed by atoms with Crippen molar-refractivity contribution in [1.29, 1.82) is 0 Å². The molecule has 1 aliphatic heterocycles. The van der Waals surface area contributed by atoms with Gasteiger partial charge in [-0.05, 0) is 48.5 Å². The van der Waals surface area contributed by atoms with Crippen LogP contribution in [0.3, 0.4) is 0 Å². The second-order valence-corrected chi connectivity index (χ2v) is 7.65. The first-order valence-corrected chi connectivity index (χ1v) is 10.7. The molecule has 0 saturated heterocycles. The number of ether oxygens (including phenoxy) is 4. The van der Waals surface area contributed by atoms with Crippen LogP contribution >= 0.6 is 15.9 Å². The van der Waals surface area contributed by atoms with Crippen LogP contribution in [0.4, 0.5) is 0 Å². The third-order valence-corrected chi connectivity index (χ3v) is 5.07. The van der Waals surface area contributed by atoms with Crippen LogP contribution in [0.5, 0.6) is 17.2 Å². The van der Waals surface area contributed by atoms with Crippen molar-refractivity contribution in [3.8, 4) is 17.2 Å². The number of carbonyl (C=O) groups excluding carboxylic acids is 1. The topological polar surface area (TPSA) is 66.3 Å². The third-order valence-electron chi connectivity index (χ3n) is 4.57. The molecule has 0 saturated carbocycles. The summed E-state index contributed by atoms with van der Waals surface area (Å²) in [5, 5.41) is 0. The molecule has 7 heteroatoms. The van der Waals surface area contributed by atoms with Crippen LogP contribution in [0.15, 0.2) is 88.0 Å². The van der Waals surface area contributed by atoms with Gasteiger partial charge >= 0.3 is 5.97 Å². The Bertz CT molecular complexity index is 1170. The number of para-hydroxylation sites is 2. The van der Waals surface area contributed by atoms with E-state index in [1.54, 1.807) is 13.2 Å². The van der Waals surface area contributed by atoms with Gasteiger partial charge in [0.2, 0.25) is 5.90 Å². The highest BCUT2D eigenvalue weighted by atomic mass is 79.9. The predicted molar refractivity (Wildman–Crippen MR) is 125 cm³/mol. The minimum Gasteiger partial charge on any atom is -0.493 e. The standard InChI is InChI=1S/C25H20BrNO5/c1-29-22-9-5-6-10-23(22)31-14-13-30-21-12-11-19(26)15-18(21)16-20-25(28)32-24(27-20)17-7-3-2-4-8-17/h2-12,15-16H,13-14H2,1H3/b20-16+. The molecule has 0 N–H and O–H groups in total. The van der Waals surface area contributed by atoms with Gasteiger partial charge in [0.15, 0.2) is 17.2 Å². The lowest BCUT2D eigenvalue weighted by atomic mass is 10.1. The van der Waals surface area contributed by atoms with E-state index in [1.807, 2.05) is 72.8 Å². The first kappa shape index (κ1) is 21.6. The SMILES string of the molecule is COc1ccccc1OCCOc1ccc(Br)cc1/C=C1/N=C(c2ccccc2)OC1=O. The van der Waals surface area contributed by atoms with Gasteiger partial charge in [0.05, 0.1) is 7.11 Å². The highest BCUT2D eigenvalue weighted by Crippen LogP contribution is 2.29. The van der Waals surface area contributed by atoms with Crippen molar-refractivity contribution in [2.45, 2.75) is 0 Å². The lowest BCUT2D eigenvalue weighted by molar-refractivity contribution is -0.129. The Hall–Kier alpha value is -3.58. The average Bonchev–Trinajstić information content (AvgIpc) is 3.19. The molecule has 6 nitrogen and oxygen atoms in total. The number of aliphatic imine (C=N–C) groups is 1. The normalized spacial score (nSPS) is 14.1. The van der Waals surface area contributed by atoms with E-state index in [0.717, 1.165) is 10.0 Å². The summed E-state index contributed by atoms with van der Waals surface area (Å²) in [5.41, 5.74) is 1.64. The zero-order valence-electron chi connectivity index (χ0n) is 17.3. The molecule has 162 valence electrons. The fourth-order valence-corrected chi connectivity index (χ4v) is 3.44. The fourth-order valence-electron chi connectivity index (χ4n) is 3.07. The van der Waals surface area contributed by atoms with Gasteiger partial charge in [-0.25, -0.2) is 9.79 Å². The maximum atomic E-state index is 12.3. The summed E-state index contributed by atoms with van der Waals surface area (Å²) >= 11 is 3.46. The summed E-state index contributed by atoms with van der Waals surface area (Å²) in [6, 6.07) is 22.3. The number of rotatable bonds is 8. The van der Waals surface area contributed by atoms with Crippen LogP contribution in [0.1, 0.15) is 11.1 Å². The zero-order valence-corrected chi connectivity index (χ0v) is 18.9. The number of cyclic esters (lactones) is 1. The van der Waals surface area contributed by atoms with Gasteiger partial charge in [0, 0.05) is 15.6 Å². The van der Waals surface area contributed by atoms with Crippen LogP contribution in [0, 0.1) is 0 Å². The second-order valence-electron chi connectivity index (χ2n) is 6.73. The maximum absolute atomic E-state index is 12.3. The molecule has 32 heavy (non-hydrogen) atoms. The Balaban J connectivity index is 1.47. The van der Waals surface area contributed by atoms with Crippen LogP contribution in [0.2, 0.25) is 0 Å². The number of esters is 1. The average molecular weight is 494 g/mol. The Labute approximate surface area is 194 Å². The highest BCUT2D eigenvalue weighted by Gasteiger charge is 2.24. The largest absolute Gasteiger partial charge is 0.493 e. The van der Waals surface area contributed by atoms with Gasteiger partial charge in [0.1, 0.15) is 19.0 Å². The van der Waals surface area contributed by atoms with Gasteiger partial charge in [-0.3, -0.25) is 0 Å². The van der Waals surface area contributed by atoms with Crippen molar-refractivity contribution >= 4 is 33.9 Å². The molecule has 0 fully saturated rings. The van der Waals surface area contributed by atoms with Crippen molar-refractivity contribution in [2.75, 3.05) is 20.3 Å². The molecule has 1 aliphatic rings. The van der Waals surface area contributed by atoms with E-state index < -0.39 is 5.97 Å². The number of carbonyl (C=O) groups is 1. The van der Waals surface area contributed by atoms with Gasteiger partial charge in [-0.15, -0.1) is 0 Å². The monoisotopic (exact) mass is 493 g/mol. The Morgan fingerprint density at radius 2 is 1.59 bits per heavy atom. The molecular formula is C25H20BrNO5. The molecule has 3 aromatic rings. The quantitative estimate of drug-likeness (QED) is 0.243.